The molecule has 36 heavy (non-hydrogen) atoms. The Bertz CT molecular complexity index is 1160. The van der Waals surface area contributed by atoms with Crippen molar-refractivity contribution < 1.29 is 14.4 Å². The number of aliphatic hydroxyl groups is 1. The molecule has 0 atom stereocenters. The molecule has 3 aromatic rings. The summed E-state index contributed by atoms with van der Waals surface area (Å²) < 4.78 is 0.976. The predicted octanol–water partition coefficient (Wildman–Crippen LogP) is 6.05. The Morgan fingerprint density at radius 1 is 0.889 bits per heavy atom. The summed E-state index contributed by atoms with van der Waals surface area (Å²) in [6.45, 7) is 4.43. The zero-order valence-electron chi connectivity index (χ0n) is 20.2. The van der Waals surface area contributed by atoms with Crippen LogP contribution in [-0.4, -0.2) is 48.3 Å². The van der Waals surface area contributed by atoms with Gasteiger partial charge in [0, 0.05) is 29.7 Å². The average Bonchev–Trinajstić information content (AvgIpc) is 2.92. The number of anilines is 1. The first kappa shape index (κ1) is 25.1. The van der Waals surface area contributed by atoms with Gasteiger partial charge < -0.3 is 20.2 Å². The van der Waals surface area contributed by atoms with Crippen molar-refractivity contribution in [3.63, 3.8) is 0 Å². The molecule has 3 aliphatic rings. The largest absolute Gasteiger partial charge is 0.380 e. The van der Waals surface area contributed by atoms with E-state index in [1.54, 1.807) is 18.2 Å². The van der Waals surface area contributed by atoms with E-state index in [1.807, 2.05) is 36.4 Å². The average molecular weight is 526 g/mol. The minimum atomic E-state index is -1.03. The Hall–Kier alpha value is -2.57. The molecule has 5 nitrogen and oxygen atoms in total. The Morgan fingerprint density at radius 3 is 1.97 bits per heavy atom. The number of hydrogen-bond acceptors (Lipinski definition) is 2. The quantitative estimate of drug-likeness (QED) is 0.329. The van der Waals surface area contributed by atoms with Crippen LogP contribution < -0.4 is 10.6 Å². The number of benzene rings is 3. The second kappa shape index (κ2) is 10.1. The molecule has 0 aromatic heterocycles. The highest BCUT2D eigenvalue weighted by atomic mass is 35.5. The van der Waals surface area contributed by atoms with Gasteiger partial charge in [-0.15, -0.1) is 0 Å². The van der Waals surface area contributed by atoms with Crippen molar-refractivity contribution in [3.05, 3.63) is 100 Å². The van der Waals surface area contributed by atoms with Crippen molar-refractivity contribution in [3.8, 4) is 0 Å². The lowest BCUT2D eigenvalue weighted by molar-refractivity contribution is -0.945. The van der Waals surface area contributed by atoms with Gasteiger partial charge in [0.1, 0.15) is 5.60 Å². The number of halogens is 2. The van der Waals surface area contributed by atoms with E-state index >= 15 is 0 Å². The summed E-state index contributed by atoms with van der Waals surface area (Å²) >= 11 is 12.1. The zero-order chi connectivity index (χ0) is 25.2. The van der Waals surface area contributed by atoms with Gasteiger partial charge in [-0.3, -0.25) is 0 Å². The van der Waals surface area contributed by atoms with Crippen LogP contribution >= 0.6 is 23.2 Å². The van der Waals surface area contributed by atoms with E-state index in [9.17, 15) is 9.90 Å². The number of piperidine rings is 3. The SMILES string of the molecule is O=C(NCC[N+]12CCC(C(O)(c3ccccc3)c3ccccc3)(CC1)CC2)Nc1ccc(Cl)cc1Cl. The number of rotatable bonds is 7. The molecule has 7 heteroatoms. The minimum absolute atomic E-state index is 0.203. The molecule has 3 aromatic carbocycles. The van der Waals surface area contributed by atoms with E-state index in [0.29, 0.717) is 22.3 Å². The van der Waals surface area contributed by atoms with Crippen LogP contribution in [0.25, 0.3) is 0 Å². The molecule has 3 fully saturated rings. The fraction of sp³-hybridized carbons (Fsp3) is 0.345. The van der Waals surface area contributed by atoms with Crippen molar-refractivity contribution >= 4 is 34.9 Å². The highest BCUT2D eigenvalue weighted by molar-refractivity contribution is 6.36. The van der Waals surface area contributed by atoms with Gasteiger partial charge in [-0.05, 0) is 29.3 Å². The number of amides is 2. The van der Waals surface area contributed by atoms with Crippen LogP contribution in [0.15, 0.2) is 78.9 Å². The third kappa shape index (κ3) is 4.61. The highest BCUT2D eigenvalue weighted by Crippen LogP contribution is 2.57. The number of hydrogen-bond donors (Lipinski definition) is 3. The van der Waals surface area contributed by atoms with Crippen molar-refractivity contribution in [1.82, 2.24) is 5.32 Å². The van der Waals surface area contributed by atoms with Crippen LogP contribution in [0.1, 0.15) is 30.4 Å². The van der Waals surface area contributed by atoms with Gasteiger partial charge in [0.2, 0.25) is 0 Å². The molecular formula is C29H32Cl2N3O2+. The summed E-state index contributed by atoms with van der Waals surface area (Å²) in [5.41, 5.74) is 1.25. The number of nitrogens with one attached hydrogen (secondary N) is 2. The molecule has 6 rings (SSSR count). The number of carbonyl (C=O) groups excluding carboxylic acids is 1. The summed E-state index contributed by atoms with van der Waals surface area (Å²) in [5.74, 6) is 0. The smallest absolute Gasteiger partial charge is 0.319 e. The molecule has 2 bridgehead atoms. The van der Waals surface area contributed by atoms with Crippen molar-refractivity contribution in [2.75, 3.05) is 38.0 Å². The molecule has 0 saturated carbocycles. The Kier molecular flexibility index (Phi) is 7.01. The van der Waals surface area contributed by atoms with Gasteiger partial charge in [-0.1, -0.05) is 83.9 Å². The van der Waals surface area contributed by atoms with E-state index < -0.39 is 5.60 Å². The molecule has 3 saturated heterocycles. The van der Waals surface area contributed by atoms with Gasteiger partial charge in [-0.25, -0.2) is 4.79 Å². The van der Waals surface area contributed by atoms with E-state index in [0.717, 1.165) is 61.1 Å². The lowest BCUT2D eigenvalue weighted by Crippen LogP contribution is -2.67. The van der Waals surface area contributed by atoms with Crippen LogP contribution in [0.5, 0.6) is 0 Å². The zero-order valence-corrected chi connectivity index (χ0v) is 21.7. The van der Waals surface area contributed by atoms with Crippen LogP contribution in [0.2, 0.25) is 10.0 Å². The molecular weight excluding hydrogens is 493 g/mol. The molecule has 0 spiro atoms. The third-order valence-electron chi connectivity index (χ3n) is 8.40. The van der Waals surface area contributed by atoms with E-state index in [-0.39, 0.29) is 11.4 Å². The highest BCUT2D eigenvalue weighted by Gasteiger charge is 2.60. The third-order valence-corrected chi connectivity index (χ3v) is 8.94. The lowest BCUT2D eigenvalue weighted by Gasteiger charge is -2.60. The maximum atomic E-state index is 12.5. The summed E-state index contributed by atoms with van der Waals surface area (Å²) in [5, 5.41) is 19.2. The van der Waals surface area contributed by atoms with Gasteiger partial charge in [0.15, 0.2) is 0 Å². The fourth-order valence-corrected chi connectivity index (χ4v) is 6.70. The summed E-state index contributed by atoms with van der Waals surface area (Å²) in [6.07, 6.45) is 2.83. The molecule has 2 amide bonds. The summed E-state index contributed by atoms with van der Waals surface area (Å²) in [4.78, 5) is 12.4. The molecule has 0 unspecified atom stereocenters. The molecule has 3 heterocycles. The molecule has 0 radical (unpaired) electrons. The maximum absolute atomic E-state index is 12.5. The standard InChI is InChI=1S/C29H31Cl2N3O2/c30-24-11-12-26(25(31)21-24)33-27(35)32-16-20-34-17-13-28(14-18-34,15-19-34)29(36,22-7-3-1-4-8-22)23-9-5-2-6-10-23/h1-12,21,36H,13-20H2,(H-,32,33,35)/p+1. The summed E-state index contributed by atoms with van der Waals surface area (Å²) in [6, 6.07) is 25.0. The van der Waals surface area contributed by atoms with Gasteiger partial charge in [0.25, 0.3) is 0 Å². The number of carbonyl (C=O) groups is 1. The van der Waals surface area contributed by atoms with E-state index in [1.165, 1.54) is 0 Å². The molecule has 3 N–H and O–H groups in total. The van der Waals surface area contributed by atoms with Gasteiger partial charge in [0.05, 0.1) is 43.4 Å². The number of nitrogens with zero attached hydrogens (tertiary/aromatic N) is 1. The van der Waals surface area contributed by atoms with Gasteiger partial charge in [-0.2, -0.15) is 0 Å². The number of urea groups is 1. The molecule has 188 valence electrons. The first-order valence-electron chi connectivity index (χ1n) is 12.5. The molecule has 3 aliphatic heterocycles. The predicted molar refractivity (Wildman–Crippen MR) is 145 cm³/mol. The normalized spacial score (nSPS) is 23.3. The Labute approximate surface area is 222 Å². The van der Waals surface area contributed by atoms with E-state index in [4.69, 9.17) is 23.2 Å². The molecule has 0 aliphatic carbocycles. The van der Waals surface area contributed by atoms with Crippen LogP contribution in [0, 0.1) is 5.41 Å². The van der Waals surface area contributed by atoms with Crippen molar-refractivity contribution in [2.24, 2.45) is 5.41 Å². The second-order valence-electron chi connectivity index (χ2n) is 10.2. The Morgan fingerprint density at radius 2 is 1.44 bits per heavy atom. The van der Waals surface area contributed by atoms with Crippen molar-refractivity contribution in [2.45, 2.75) is 24.9 Å². The van der Waals surface area contributed by atoms with E-state index in [2.05, 4.69) is 34.9 Å². The minimum Gasteiger partial charge on any atom is -0.380 e. The maximum Gasteiger partial charge on any atom is 0.319 e. The fourth-order valence-electron chi connectivity index (χ4n) is 6.24. The lowest BCUT2D eigenvalue weighted by atomic mass is 9.56. The topological polar surface area (TPSA) is 61.4 Å². The first-order chi connectivity index (χ1) is 17.4. The second-order valence-corrected chi connectivity index (χ2v) is 11.1. The Balaban J connectivity index is 1.25. The van der Waals surface area contributed by atoms with Crippen LogP contribution in [0.4, 0.5) is 10.5 Å². The number of fused-ring (bicyclic) bond motifs is 3. The summed E-state index contributed by atoms with van der Waals surface area (Å²) in [7, 11) is 0. The first-order valence-corrected chi connectivity index (χ1v) is 13.3. The van der Waals surface area contributed by atoms with Crippen LogP contribution in [-0.2, 0) is 5.60 Å². The monoisotopic (exact) mass is 524 g/mol. The number of quaternary nitrogens is 1. The van der Waals surface area contributed by atoms with Crippen LogP contribution in [0.3, 0.4) is 0 Å². The van der Waals surface area contributed by atoms with Gasteiger partial charge >= 0.3 is 6.03 Å². The van der Waals surface area contributed by atoms with Crippen molar-refractivity contribution in [1.29, 1.82) is 0 Å².